The fourth-order valence-electron chi connectivity index (χ4n) is 2.62. The van der Waals surface area contributed by atoms with Crippen molar-refractivity contribution >= 4 is 33.6 Å². The summed E-state index contributed by atoms with van der Waals surface area (Å²) in [5.41, 5.74) is -0.761. The molecule has 1 atom stereocenters. The van der Waals surface area contributed by atoms with Crippen LogP contribution in [-0.4, -0.2) is 29.3 Å². The van der Waals surface area contributed by atoms with Crippen LogP contribution in [0.5, 0.6) is 5.75 Å². The number of alkyl halides is 3. The quantitative estimate of drug-likeness (QED) is 0.425. The monoisotopic (exact) mass is 522 g/mol. The second-order valence-electron chi connectivity index (χ2n) is 7.82. The van der Waals surface area contributed by atoms with Gasteiger partial charge in [-0.2, -0.15) is 13.2 Å². The van der Waals surface area contributed by atoms with Crippen LogP contribution in [-0.2, 0) is 17.3 Å². The van der Waals surface area contributed by atoms with Gasteiger partial charge in [0.05, 0.1) is 22.8 Å². The van der Waals surface area contributed by atoms with Gasteiger partial charge in [0.15, 0.2) is 0 Å². The normalized spacial score (nSPS) is 12.9. The second kappa shape index (κ2) is 10.5. The molecule has 5 nitrogen and oxygen atoms in total. The number of nitrogens with one attached hydrogen (secondary N) is 1. The molecule has 1 amide bonds. The van der Waals surface area contributed by atoms with Crippen molar-refractivity contribution in [1.82, 2.24) is 10.3 Å². The summed E-state index contributed by atoms with van der Waals surface area (Å²) >= 11 is 9.12. The summed E-state index contributed by atoms with van der Waals surface area (Å²) in [7, 11) is 0. The number of carbonyl (C=O) groups excluding carboxylic acids is 1. The van der Waals surface area contributed by atoms with E-state index in [4.69, 9.17) is 21.1 Å². The molecule has 0 aliphatic rings. The third kappa shape index (κ3) is 8.95. The average Bonchev–Trinajstić information content (AvgIpc) is 2.62. The summed E-state index contributed by atoms with van der Waals surface area (Å²) in [6, 6.07) is 6.08. The first kappa shape index (κ1) is 25.3. The highest BCUT2D eigenvalue weighted by Crippen LogP contribution is 2.29. The summed E-state index contributed by atoms with van der Waals surface area (Å²) in [4.78, 5) is 16.2. The van der Waals surface area contributed by atoms with Crippen LogP contribution in [0, 0.1) is 0 Å². The number of rotatable bonds is 7. The van der Waals surface area contributed by atoms with Gasteiger partial charge in [-0.05, 0) is 66.9 Å². The number of hydrogen-bond donors (Lipinski definition) is 1. The van der Waals surface area contributed by atoms with E-state index in [9.17, 15) is 18.0 Å². The molecule has 2 rings (SSSR count). The van der Waals surface area contributed by atoms with Crippen molar-refractivity contribution in [2.45, 2.75) is 51.4 Å². The Balaban J connectivity index is 2.04. The van der Waals surface area contributed by atoms with Crippen LogP contribution >= 0.6 is 27.5 Å². The molecule has 0 saturated carbocycles. The molecule has 10 heteroatoms. The Labute approximate surface area is 192 Å². The minimum absolute atomic E-state index is 0.233. The van der Waals surface area contributed by atoms with Crippen molar-refractivity contribution in [1.29, 1.82) is 0 Å². The van der Waals surface area contributed by atoms with E-state index in [1.54, 1.807) is 26.8 Å². The molecule has 1 heterocycles. The first-order valence-corrected chi connectivity index (χ1v) is 10.6. The summed E-state index contributed by atoms with van der Waals surface area (Å²) < 4.78 is 49.9. The van der Waals surface area contributed by atoms with Crippen molar-refractivity contribution in [3.8, 4) is 5.75 Å². The Morgan fingerprint density at radius 2 is 1.87 bits per heavy atom. The van der Waals surface area contributed by atoms with E-state index in [0.717, 1.165) is 12.1 Å². The molecule has 0 bridgehead atoms. The number of nitrogens with zero attached hydrogens (tertiary/aromatic N) is 1. The lowest BCUT2D eigenvalue weighted by Gasteiger charge is -2.24. The standard InChI is InChI=1S/C21H23BrClF3N2O3/c1-20(2,3)31-19(29)28-15(8-9-30-16-11-17(22)18(23)27-12-16)10-13-4-6-14(7-5-13)21(24,25)26/h4-7,11-12,15H,8-10H2,1-3H3,(H,28,29)/t15-/m1/s1. The van der Waals surface area contributed by atoms with Gasteiger partial charge >= 0.3 is 12.3 Å². The number of aromatic nitrogens is 1. The minimum atomic E-state index is -4.40. The Morgan fingerprint density at radius 3 is 2.42 bits per heavy atom. The Morgan fingerprint density at radius 1 is 1.23 bits per heavy atom. The van der Waals surface area contributed by atoms with Gasteiger partial charge in [0.25, 0.3) is 0 Å². The number of pyridine rings is 1. The van der Waals surface area contributed by atoms with E-state index in [2.05, 4.69) is 26.2 Å². The molecule has 170 valence electrons. The molecule has 1 N–H and O–H groups in total. The number of hydrogen-bond acceptors (Lipinski definition) is 4. The van der Waals surface area contributed by atoms with Gasteiger partial charge in [-0.15, -0.1) is 0 Å². The zero-order chi connectivity index (χ0) is 23.2. The van der Waals surface area contributed by atoms with Crippen LogP contribution < -0.4 is 10.1 Å². The summed E-state index contributed by atoms with van der Waals surface area (Å²) in [6.07, 6.45) is -2.84. The zero-order valence-electron chi connectivity index (χ0n) is 17.2. The fraction of sp³-hybridized carbons (Fsp3) is 0.429. The van der Waals surface area contributed by atoms with Gasteiger partial charge in [0, 0.05) is 12.5 Å². The second-order valence-corrected chi connectivity index (χ2v) is 9.04. The lowest BCUT2D eigenvalue weighted by Crippen LogP contribution is -2.41. The van der Waals surface area contributed by atoms with Gasteiger partial charge in [-0.3, -0.25) is 0 Å². The molecular formula is C21H23BrClF3N2O3. The Bertz CT molecular complexity index is 887. The third-order valence-corrected chi connectivity index (χ3v) is 5.12. The number of benzene rings is 1. The Kier molecular flexibility index (Phi) is 8.59. The van der Waals surface area contributed by atoms with E-state index >= 15 is 0 Å². The van der Waals surface area contributed by atoms with Crippen LogP contribution in [0.1, 0.15) is 38.3 Å². The topological polar surface area (TPSA) is 60.5 Å². The Hall–Kier alpha value is -2.00. The number of carbonyl (C=O) groups is 1. The maximum absolute atomic E-state index is 12.8. The number of amides is 1. The molecule has 0 saturated heterocycles. The largest absolute Gasteiger partial charge is 0.492 e. The first-order valence-electron chi connectivity index (χ1n) is 9.43. The van der Waals surface area contributed by atoms with Gasteiger partial charge in [-0.25, -0.2) is 9.78 Å². The van der Waals surface area contributed by atoms with Crippen molar-refractivity contribution in [2.75, 3.05) is 6.61 Å². The van der Waals surface area contributed by atoms with Gasteiger partial charge < -0.3 is 14.8 Å². The fourth-order valence-corrected chi connectivity index (χ4v) is 3.05. The first-order chi connectivity index (χ1) is 14.3. The van der Waals surface area contributed by atoms with E-state index in [-0.39, 0.29) is 6.61 Å². The molecule has 0 radical (unpaired) electrons. The van der Waals surface area contributed by atoms with Crippen molar-refractivity contribution in [3.63, 3.8) is 0 Å². The number of halogens is 5. The molecule has 31 heavy (non-hydrogen) atoms. The molecule has 0 fully saturated rings. The third-order valence-electron chi connectivity index (χ3n) is 3.99. The van der Waals surface area contributed by atoms with Crippen molar-refractivity contribution in [3.05, 3.63) is 57.3 Å². The van der Waals surface area contributed by atoms with Crippen molar-refractivity contribution < 1.29 is 27.4 Å². The van der Waals surface area contributed by atoms with Crippen LogP contribution in [0.15, 0.2) is 41.0 Å². The van der Waals surface area contributed by atoms with Crippen LogP contribution in [0.3, 0.4) is 0 Å². The molecule has 0 spiro atoms. The molecule has 0 unspecified atom stereocenters. The summed E-state index contributed by atoms with van der Waals surface area (Å²) in [5.74, 6) is 0.488. The predicted octanol–water partition coefficient (Wildman–Crippen LogP) is 6.42. The zero-order valence-corrected chi connectivity index (χ0v) is 19.6. The van der Waals surface area contributed by atoms with E-state index in [1.165, 1.54) is 18.3 Å². The van der Waals surface area contributed by atoms with Crippen LogP contribution in [0.2, 0.25) is 5.15 Å². The molecule has 1 aromatic heterocycles. The van der Waals surface area contributed by atoms with Gasteiger partial charge in [0.1, 0.15) is 16.5 Å². The highest BCUT2D eigenvalue weighted by atomic mass is 79.9. The molecular weight excluding hydrogens is 501 g/mol. The SMILES string of the molecule is CC(C)(C)OC(=O)N[C@H](CCOc1cnc(Cl)c(Br)c1)Cc1ccc(C(F)(F)F)cc1. The molecule has 0 aliphatic heterocycles. The lowest BCUT2D eigenvalue weighted by atomic mass is 10.0. The highest BCUT2D eigenvalue weighted by Gasteiger charge is 2.30. The van der Waals surface area contributed by atoms with E-state index < -0.39 is 29.5 Å². The smallest absolute Gasteiger partial charge is 0.416 e. The maximum atomic E-state index is 12.8. The molecule has 0 aliphatic carbocycles. The number of ether oxygens (including phenoxy) is 2. The van der Waals surface area contributed by atoms with Crippen LogP contribution in [0.4, 0.5) is 18.0 Å². The number of alkyl carbamates (subject to hydrolysis) is 1. The summed E-state index contributed by atoms with van der Waals surface area (Å²) in [6.45, 7) is 5.46. The highest BCUT2D eigenvalue weighted by molar-refractivity contribution is 9.10. The lowest BCUT2D eigenvalue weighted by molar-refractivity contribution is -0.137. The average molecular weight is 524 g/mol. The van der Waals surface area contributed by atoms with Crippen LogP contribution in [0.25, 0.3) is 0 Å². The molecule has 1 aromatic carbocycles. The summed E-state index contributed by atoms with van der Waals surface area (Å²) in [5, 5.41) is 3.07. The minimum Gasteiger partial charge on any atom is -0.492 e. The predicted molar refractivity (Wildman–Crippen MR) is 115 cm³/mol. The molecule has 2 aromatic rings. The van der Waals surface area contributed by atoms with Gasteiger partial charge in [-0.1, -0.05) is 23.7 Å². The maximum Gasteiger partial charge on any atom is 0.416 e. The van der Waals surface area contributed by atoms with E-state index in [1.807, 2.05) is 0 Å². The van der Waals surface area contributed by atoms with Gasteiger partial charge in [0.2, 0.25) is 0 Å². The van der Waals surface area contributed by atoms with E-state index in [0.29, 0.717) is 33.8 Å². The van der Waals surface area contributed by atoms with Crippen molar-refractivity contribution in [2.24, 2.45) is 0 Å².